The molecule has 2 nitrogen and oxygen atoms in total. The minimum atomic E-state index is 0.410. The summed E-state index contributed by atoms with van der Waals surface area (Å²) in [6.07, 6.45) is 20.9. The Hall–Kier alpha value is -2.58. The quantitative estimate of drug-likeness (QED) is 0.283. The monoisotopic (exact) mass is 508 g/mol. The first-order chi connectivity index (χ1) is 18.7. The van der Waals surface area contributed by atoms with Crippen LogP contribution < -0.4 is 0 Å². The van der Waals surface area contributed by atoms with E-state index in [9.17, 15) is 10.5 Å². The Bertz CT molecular complexity index is 1080. The van der Waals surface area contributed by atoms with Gasteiger partial charge in [-0.3, -0.25) is 0 Å². The van der Waals surface area contributed by atoms with Crippen molar-refractivity contribution in [3.63, 3.8) is 0 Å². The van der Waals surface area contributed by atoms with E-state index in [2.05, 4.69) is 62.4 Å². The molecule has 2 aliphatic carbocycles. The van der Waals surface area contributed by atoms with Crippen LogP contribution >= 0.6 is 0 Å². The predicted molar refractivity (Wildman–Crippen MR) is 159 cm³/mol. The lowest BCUT2D eigenvalue weighted by Crippen LogP contribution is -2.15. The summed E-state index contributed by atoms with van der Waals surface area (Å²) in [5.41, 5.74) is 5.69. The van der Waals surface area contributed by atoms with Gasteiger partial charge in [0.2, 0.25) is 0 Å². The molecule has 0 bridgehead atoms. The van der Waals surface area contributed by atoms with Gasteiger partial charge in [0.1, 0.15) is 12.1 Å². The van der Waals surface area contributed by atoms with E-state index >= 15 is 0 Å². The molecule has 2 saturated carbocycles. The van der Waals surface area contributed by atoms with Crippen LogP contribution in [-0.4, -0.2) is 0 Å². The van der Waals surface area contributed by atoms with Gasteiger partial charge in [0, 0.05) is 5.56 Å². The number of benzene rings is 2. The Morgan fingerprint density at radius 1 is 0.605 bits per heavy atom. The highest BCUT2D eigenvalue weighted by Crippen LogP contribution is 2.42. The fourth-order valence-corrected chi connectivity index (χ4v) is 7.36. The molecule has 0 heterocycles. The highest BCUT2D eigenvalue weighted by Gasteiger charge is 2.26. The summed E-state index contributed by atoms with van der Waals surface area (Å²) in [6.45, 7) is 4.57. The van der Waals surface area contributed by atoms with Crippen molar-refractivity contribution < 1.29 is 0 Å². The Labute approximate surface area is 232 Å². The van der Waals surface area contributed by atoms with Crippen LogP contribution in [0.1, 0.15) is 151 Å². The molecule has 0 unspecified atom stereocenters. The van der Waals surface area contributed by atoms with Gasteiger partial charge < -0.3 is 0 Å². The van der Waals surface area contributed by atoms with Crippen LogP contribution in [0.5, 0.6) is 0 Å². The molecule has 0 radical (unpaired) electrons. The van der Waals surface area contributed by atoms with E-state index in [0.29, 0.717) is 23.0 Å². The number of rotatable bonds is 11. The molecule has 2 heteroatoms. The molecule has 2 aromatic carbocycles. The third kappa shape index (κ3) is 7.08. The van der Waals surface area contributed by atoms with Crippen LogP contribution in [0.3, 0.4) is 0 Å². The number of nitrogens with zero attached hydrogens (tertiary/aromatic N) is 2. The smallest absolute Gasteiger partial charge is 0.101 e. The molecule has 202 valence electrons. The maximum atomic E-state index is 10.1. The van der Waals surface area contributed by atoms with E-state index in [0.717, 1.165) is 41.4 Å². The van der Waals surface area contributed by atoms with Crippen molar-refractivity contribution in [2.75, 3.05) is 0 Å². The van der Waals surface area contributed by atoms with Gasteiger partial charge in [0.25, 0.3) is 0 Å². The van der Waals surface area contributed by atoms with Gasteiger partial charge in [-0.1, -0.05) is 102 Å². The molecule has 2 aliphatic rings. The Balaban J connectivity index is 1.41. The number of unbranched alkanes of at least 4 members (excludes halogenated alkanes) is 4. The van der Waals surface area contributed by atoms with Crippen molar-refractivity contribution in [3.8, 4) is 23.3 Å². The molecule has 2 aromatic rings. The molecular formula is C36H48N2. The maximum absolute atomic E-state index is 10.1. The number of hydrogen-bond donors (Lipinski definition) is 0. The van der Waals surface area contributed by atoms with Crippen molar-refractivity contribution in [1.82, 2.24) is 0 Å². The maximum Gasteiger partial charge on any atom is 0.101 e. The molecule has 0 spiro atoms. The van der Waals surface area contributed by atoms with Gasteiger partial charge in [0.15, 0.2) is 0 Å². The van der Waals surface area contributed by atoms with Crippen LogP contribution in [-0.2, 0) is 0 Å². The van der Waals surface area contributed by atoms with Crippen molar-refractivity contribution in [3.05, 3.63) is 58.7 Å². The van der Waals surface area contributed by atoms with Crippen LogP contribution in [0.15, 0.2) is 36.4 Å². The summed E-state index contributed by atoms with van der Waals surface area (Å²) in [7, 11) is 0. The summed E-state index contributed by atoms with van der Waals surface area (Å²) in [5.74, 6) is 2.83. The van der Waals surface area contributed by atoms with Crippen LogP contribution in [0, 0.1) is 34.5 Å². The SMILES string of the molecule is CCCCCCC[C@H]1CC[C@H](c2ccc(-c3ccc([C@H]4CC[C@H](CCC)CC4)cc3)c(C#N)c2C#N)CC1. The van der Waals surface area contributed by atoms with Crippen molar-refractivity contribution in [2.24, 2.45) is 11.8 Å². The highest BCUT2D eigenvalue weighted by molar-refractivity contribution is 5.75. The lowest BCUT2D eigenvalue weighted by atomic mass is 9.75. The lowest BCUT2D eigenvalue weighted by molar-refractivity contribution is 0.301. The first-order valence-corrected chi connectivity index (χ1v) is 15.8. The molecular weight excluding hydrogens is 460 g/mol. The topological polar surface area (TPSA) is 47.6 Å². The predicted octanol–water partition coefficient (Wildman–Crippen LogP) is 10.8. The first kappa shape index (κ1) is 28.4. The Kier molecular flexibility index (Phi) is 10.9. The minimum absolute atomic E-state index is 0.410. The zero-order chi connectivity index (χ0) is 26.7. The van der Waals surface area contributed by atoms with E-state index in [1.165, 1.54) is 95.5 Å². The number of nitriles is 2. The van der Waals surface area contributed by atoms with E-state index < -0.39 is 0 Å². The Morgan fingerprint density at radius 3 is 1.82 bits per heavy atom. The average molecular weight is 509 g/mol. The Morgan fingerprint density at radius 2 is 1.21 bits per heavy atom. The van der Waals surface area contributed by atoms with Crippen molar-refractivity contribution >= 4 is 0 Å². The second kappa shape index (κ2) is 14.5. The standard InChI is InChI=1S/C36H48N2/c1-3-5-6-7-8-10-28-13-17-31(18-14-28)33-23-24-34(36(26-38)35(33)25-37)32-21-19-30(20-22-32)29-15-11-27(9-4-2)12-16-29/h19-24,27-29,31H,3-18H2,1-2H3/t27-,28-,29-,31-. The molecule has 0 aromatic heterocycles. The zero-order valence-corrected chi connectivity index (χ0v) is 24.0. The van der Waals surface area contributed by atoms with Crippen molar-refractivity contribution in [1.29, 1.82) is 10.5 Å². The first-order valence-electron chi connectivity index (χ1n) is 15.8. The normalized spacial score (nSPS) is 23.5. The van der Waals surface area contributed by atoms with Gasteiger partial charge >= 0.3 is 0 Å². The van der Waals surface area contributed by atoms with Gasteiger partial charge in [-0.25, -0.2) is 0 Å². The van der Waals surface area contributed by atoms with Crippen LogP contribution in [0.2, 0.25) is 0 Å². The lowest BCUT2D eigenvalue weighted by Gasteiger charge is -2.30. The minimum Gasteiger partial charge on any atom is -0.192 e. The largest absolute Gasteiger partial charge is 0.192 e. The second-order valence-corrected chi connectivity index (χ2v) is 12.2. The average Bonchev–Trinajstić information content (AvgIpc) is 2.97. The molecule has 2 fully saturated rings. The fourth-order valence-electron chi connectivity index (χ4n) is 7.36. The molecule has 0 amide bonds. The zero-order valence-electron chi connectivity index (χ0n) is 24.0. The molecule has 38 heavy (non-hydrogen) atoms. The summed E-state index contributed by atoms with van der Waals surface area (Å²) >= 11 is 0. The second-order valence-electron chi connectivity index (χ2n) is 12.2. The molecule has 4 rings (SSSR count). The molecule has 0 N–H and O–H groups in total. The summed E-state index contributed by atoms with van der Waals surface area (Å²) in [6, 6.07) is 18.0. The van der Waals surface area contributed by atoms with E-state index in [1.54, 1.807) is 0 Å². The van der Waals surface area contributed by atoms with Gasteiger partial charge in [-0.2, -0.15) is 10.5 Å². The van der Waals surface area contributed by atoms with Gasteiger partial charge in [0.05, 0.1) is 11.1 Å². The molecule has 0 atom stereocenters. The summed E-state index contributed by atoms with van der Waals surface area (Å²) in [4.78, 5) is 0. The third-order valence-corrected chi connectivity index (χ3v) is 9.70. The van der Waals surface area contributed by atoms with E-state index in [1.807, 2.05) is 0 Å². The summed E-state index contributed by atoms with van der Waals surface area (Å²) in [5, 5.41) is 20.3. The van der Waals surface area contributed by atoms with Gasteiger partial charge in [-0.05, 0) is 91.7 Å². The van der Waals surface area contributed by atoms with Crippen molar-refractivity contribution in [2.45, 2.75) is 128 Å². The fraction of sp³-hybridized carbons (Fsp3) is 0.611. The third-order valence-electron chi connectivity index (χ3n) is 9.70. The molecule has 0 aliphatic heterocycles. The van der Waals surface area contributed by atoms with E-state index in [-0.39, 0.29) is 0 Å². The van der Waals surface area contributed by atoms with E-state index in [4.69, 9.17) is 0 Å². The van der Waals surface area contributed by atoms with Crippen LogP contribution in [0.25, 0.3) is 11.1 Å². The highest BCUT2D eigenvalue weighted by atomic mass is 14.3. The summed E-state index contributed by atoms with van der Waals surface area (Å²) < 4.78 is 0. The van der Waals surface area contributed by atoms with Gasteiger partial charge in [-0.15, -0.1) is 0 Å². The number of hydrogen-bond acceptors (Lipinski definition) is 2. The van der Waals surface area contributed by atoms with Crippen LogP contribution in [0.4, 0.5) is 0 Å². The molecule has 0 saturated heterocycles.